The van der Waals surface area contributed by atoms with Gasteiger partial charge < -0.3 is 59.1 Å². The van der Waals surface area contributed by atoms with E-state index in [0.29, 0.717) is 78.2 Å². The number of esters is 1. The summed E-state index contributed by atoms with van der Waals surface area (Å²) in [5.41, 5.74) is 9.81. The van der Waals surface area contributed by atoms with Crippen LogP contribution in [0.1, 0.15) is 92.7 Å². The maximum atomic E-state index is 14.1. The Kier molecular flexibility index (Phi) is 24.9. The van der Waals surface area contributed by atoms with E-state index in [1.54, 1.807) is 32.4 Å². The molecule has 85 heavy (non-hydrogen) atoms. The van der Waals surface area contributed by atoms with Gasteiger partial charge in [-0.2, -0.15) is 23.8 Å². The number of benzene rings is 4. The molecule has 2 aliphatic heterocycles. The molecule has 2 aromatic heterocycles. The minimum absolute atomic E-state index is 0.0277. The highest BCUT2D eigenvalue weighted by Gasteiger charge is 2.42. The summed E-state index contributed by atoms with van der Waals surface area (Å²) in [6.07, 6.45) is -1.05. The van der Waals surface area contributed by atoms with Crippen molar-refractivity contribution in [3.63, 3.8) is 0 Å². The predicted octanol–water partition coefficient (Wildman–Crippen LogP) is 8.37. The lowest BCUT2D eigenvalue weighted by molar-refractivity contribution is -0.195. The van der Waals surface area contributed by atoms with Gasteiger partial charge in [0.15, 0.2) is 17.5 Å². The Morgan fingerprint density at radius 1 is 0.694 bits per heavy atom. The number of aliphatic hydroxyl groups is 2. The second kappa shape index (κ2) is 31.3. The fourth-order valence-electron chi connectivity index (χ4n) is 9.96. The number of aliphatic hydroxyl groups excluding tert-OH is 2. The van der Waals surface area contributed by atoms with Crippen LogP contribution in [0.25, 0.3) is 22.2 Å². The lowest BCUT2D eigenvalue weighted by Gasteiger charge is -2.33. The van der Waals surface area contributed by atoms with E-state index < -0.39 is 50.2 Å². The Bertz CT molecular complexity index is 3370. The first-order chi connectivity index (χ1) is 40.3. The van der Waals surface area contributed by atoms with Crippen molar-refractivity contribution in [3.05, 3.63) is 96.1 Å². The molecule has 2 saturated heterocycles. The molecule has 0 radical (unpaired) electrons. The zero-order valence-electron chi connectivity index (χ0n) is 50.6. The fraction of sp³-hybridized carbons (Fsp3) is 0.541. The Morgan fingerprint density at radius 3 is 1.61 bits per heavy atom. The van der Waals surface area contributed by atoms with E-state index in [9.17, 15) is 31.8 Å². The molecular formula is C61H86N8O14S2. The maximum Gasteiger partial charge on any atom is 0.306 e. The van der Waals surface area contributed by atoms with Gasteiger partial charge in [0.2, 0.25) is 20.0 Å². The summed E-state index contributed by atoms with van der Waals surface area (Å²) in [5, 5.41) is 36.1. The van der Waals surface area contributed by atoms with E-state index >= 15 is 0 Å². The number of carbonyl (C=O) groups is 1. The average Bonchev–Trinajstić information content (AvgIpc) is 3.29. The summed E-state index contributed by atoms with van der Waals surface area (Å²) >= 11 is 0. The van der Waals surface area contributed by atoms with Crippen LogP contribution in [0.15, 0.2) is 104 Å². The van der Waals surface area contributed by atoms with Crippen molar-refractivity contribution >= 4 is 60.2 Å². The molecule has 8 rings (SSSR count). The number of hydrogen-bond donors (Lipinski definition) is 5. The number of oxazole rings is 2. The summed E-state index contributed by atoms with van der Waals surface area (Å²) in [7, 11) is -4.84. The van der Waals surface area contributed by atoms with Crippen molar-refractivity contribution in [2.75, 3.05) is 64.2 Å². The third-order valence-electron chi connectivity index (χ3n) is 14.0. The van der Waals surface area contributed by atoms with Gasteiger partial charge in [-0.3, -0.25) is 4.79 Å². The highest BCUT2D eigenvalue weighted by molar-refractivity contribution is 7.89. The van der Waals surface area contributed by atoms with E-state index in [-0.39, 0.29) is 84.6 Å². The highest BCUT2D eigenvalue weighted by atomic mass is 32.2. The zero-order chi connectivity index (χ0) is 62.2. The lowest BCUT2D eigenvalue weighted by Crippen LogP contribution is -2.47. The number of aromatic nitrogens is 2. The first-order valence-electron chi connectivity index (χ1n) is 28.8. The monoisotopic (exact) mass is 1220 g/mol. The molecule has 7 atom stereocenters. The van der Waals surface area contributed by atoms with E-state index in [0.717, 1.165) is 17.5 Å². The Hall–Kier alpha value is -6.40. The minimum Gasteiger partial charge on any atom is -0.497 e. The van der Waals surface area contributed by atoms with Crippen molar-refractivity contribution in [1.82, 2.24) is 18.6 Å². The van der Waals surface area contributed by atoms with Crippen molar-refractivity contribution in [1.29, 1.82) is 5.26 Å². The molecule has 24 heteroatoms. The van der Waals surface area contributed by atoms with Crippen LogP contribution in [0.5, 0.6) is 11.5 Å². The summed E-state index contributed by atoms with van der Waals surface area (Å²) < 4.78 is 97.3. The molecule has 6 aromatic rings. The van der Waals surface area contributed by atoms with E-state index in [2.05, 4.69) is 20.6 Å². The topological polar surface area (TPSA) is 304 Å². The number of fused-ring (bicyclic) bond motifs is 3. The van der Waals surface area contributed by atoms with Gasteiger partial charge in [0.05, 0.1) is 61.9 Å². The number of methoxy groups -OCH3 is 2. The number of nitriles is 1. The third kappa shape index (κ3) is 19.3. The molecule has 4 aromatic carbocycles. The molecule has 2 fully saturated rings. The van der Waals surface area contributed by atoms with Crippen LogP contribution in [-0.2, 0) is 51.9 Å². The molecule has 0 spiro atoms. The number of nitrogens with zero attached hydrogens (tertiary/aromatic N) is 5. The van der Waals surface area contributed by atoms with Crippen molar-refractivity contribution in [2.24, 2.45) is 29.4 Å². The Labute approximate surface area is 500 Å². The van der Waals surface area contributed by atoms with Gasteiger partial charge in [0, 0.05) is 81.6 Å². The summed E-state index contributed by atoms with van der Waals surface area (Å²) in [5.74, 6) is 0.229. The fourth-order valence-corrected chi connectivity index (χ4v) is 13.2. The SMILES string of the molecule is CC#N.COc1cccc(C[C@H](CC(=O)O[C@H]2CCO[C@H]3OCC[C@H]32)[C@H](O)CN(CC(C)C)S(=O)(=O)c2ccc3nc(NC(C)C)oc3c2)c1.COc1cccc(C[C@H](N)[C@H](O)CN(CC(C)C)S(=O)(=O)c2ccc3nc(NC(C)C)oc3c2)c1. The van der Waals surface area contributed by atoms with E-state index in [1.165, 1.54) is 39.8 Å². The number of carbonyl (C=O) groups excluding carboxylic acids is 1. The van der Waals surface area contributed by atoms with Crippen molar-refractivity contribution in [2.45, 2.75) is 147 Å². The average molecular weight is 1220 g/mol. The van der Waals surface area contributed by atoms with Gasteiger partial charge in [-0.15, -0.1) is 0 Å². The number of hydrogen-bond acceptors (Lipinski definition) is 20. The van der Waals surface area contributed by atoms with E-state index in [1.807, 2.05) is 104 Å². The Balaban J connectivity index is 0.000000271. The number of sulfonamides is 2. The third-order valence-corrected chi connectivity index (χ3v) is 17.6. The van der Waals surface area contributed by atoms with E-state index in [4.69, 9.17) is 43.5 Å². The molecule has 2 aliphatic rings. The summed E-state index contributed by atoms with van der Waals surface area (Å²) in [6, 6.07) is 25.9. The smallest absolute Gasteiger partial charge is 0.306 e. The van der Waals surface area contributed by atoms with Crippen LogP contribution in [0, 0.1) is 35.0 Å². The molecule has 0 unspecified atom stereocenters. The van der Waals surface area contributed by atoms with Gasteiger partial charge >= 0.3 is 5.97 Å². The normalized spacial score (nSPS) is 17.7. The standard InChI is InChI=1S/C34H47N3O9S.C25H36N4O5S.C2H3N/c1-21(2)19-37(47(40,41)26-9-10-28-31(18-26)46-34(36-28)35-22(3)4)20-29(38)24(15-23-7-6-8-25(16-23)42-5)17-32(39)45-30-12-14-44-33-27(30)11-13-43-33;1-16(2)14-29(15-23(30)21(26)12-18-7-6-8-19(11-18)33-5)35(31,32)20-9-10-22-24(13-20)34-25(28-22)27-17(3)4;1-2-3/h6-10,16,18,21-22,24,27,29-30,33,38H,11-15,17,19-20H2,1-5H3,(H,35,36);6-11,13,16-17,21,23,30H,12,14-15,26H2,1-5H3,(H,27,28);1H3/t24-,27+,29-,30+,33-;21-,23+;/m10./s1. The molecule has 0 amide bonds. The molecule has 466 valence electrons. The molecule has 22 nitrogen and oxygen atoms in total. The van der Waals surface area contributed by atoms with Crippen LogP contribution in [0.2, 0.25) is 0 Å². The number of ether oxygens (including phenoxy) is 5. The summed E-state index contributed by atoms with van der Waals surface area (Å²) in [4.78, 5) is 22.2. The molecule has 0 bridgehead atoms. The quantitative estimate of drug-likeness (QED) is 0.0302. The van der Waals surface area contributed by atoms with Crippen LogP contribution < -0.4 is 25.8 Å². The largest absolute Gasteiger partial charge is 0.497 e. The molecular weight excluding hydrogens is 1130 g/mol. The number of nitrogens with one attached hydrogen (secondary N) is 2. The van der Waals surface area contributed by atoms with Crippen LogP contribution in [0.3, 0.4) is 0 Å². The maximum absolute atomic E-state index is 14.1. The number of rotatable bonds is 27. The lowest BCUT2D eigenvalue weighted by atomic mass is 9.90. The highest BCUT2D eigenvalue weighted by Crippen LogP contribution is 2.34. The van der Waals surface area contributed by atoms with Gasteiger partial charge in [-0.1, -0.05) is 52.0 Å². The molecule has 6 N–H and O–H groups in total. The summed E-state index contributed by atoms with van der Waals surface area (Å²) in [6.45, 7) is 18.0. The molecule has 0 saturated carbocycles. The van der Waals surface area contributed by atoms with Gasteiger partial charge in [0.1, 0.15) is 28.6 Å². The van der Waals surface area contributed by atoms with Crippen molar-refractivity contribution in [3.8, 4) is 17.6 Å². The zero-order valence-corrected chi connectivity index (χ0v) is 52.3. The Morgan fingerprint density at radius 2 is 1.15 bits per heavy atom. The predicted molar refractivity (Wildman–Crippen MR) is 324 cm³/mol. The van der Waals surface area contributed by atoms with Crippen LogP contribution in [-0.4, -0.2) is 148 Å². The van der Waals surface area contributed by atoms with Crippen molar-refractivity contribution < 1.29 is 64.4 Å². The molecule has 0 aliphatic carbocycles. The van der Waals surface area contributed by atoms with Gasteiger partial charge in [0.25, 0.3) is 12.0 Å². The number of nitrogens with two attached hydrogens (primary N) is 1. The van der Waals surface area contributed by atoms with Crippen LogP contribution in [0.4, 0.5) is 12.0 Å². The second-order valence-corrected chi connectivity index (χ2v) is 26.7. The minimum atomic E-state index is -4.07. The van der Waals surface area contributed by atoms with Gasteiger partial charge in [-0.25, -0.2) is 16.8 Å². The molecule has 4 heterocycles. The van der Waals surface area contributed by atoms with Gasteiger partial charge in [-0.05, 0) is 118 Å². The van der Waals surface area contributed by atoms with Crippen LogP contribution >= 0.6 is 0 Å². The second-order valence-electron chi connectivity index (χ2n) is 22.8. The first kappa shape index (κ1) is 67.7. The number of anilines is 2. The first-order valence-corrected chi connectivity index (χ1v) is 31.7.